The van der Waals surface area contributed by atoms with Gasteiger partial charge in [-0.1, -0.05) is 6.92 Å². The lowest BCUT2D eigenvalue weighted by molar-refractivity contribution is 0.0698. The maximum Gasteiger partial charge on any atom is 0.337 e. The van der Waals surface area contributed by atoms with Gasteiger partial charge in [-0.05, 0) is 18.4 Å². The Labute approximate surface area is 87.3 Å². The number of aromatic nitrogens is 1. The second kappa shape index (κ2) is 3.42. The first-order valence-electron chi connectivity index (χ1n) is 4.83. The smallest absolute Gasteiger partial charge is 0.337 e. The van der Waals surface area contributed by atoms with Gasteiger partial charge in [-0.2, -0.15) is 0 Å². The van der Waals surface area contributed by atoms with Crippen LogP contribution < -0.4 is 11.1 Å². The second-order valence-electron chi connectivity index (χ2n) is 3.93. The molecule has 15 heavy (non-hydrogen) atoms. The highest BCUT2D eigenvalue weighted by Gasteiger charge is 2.32. The SMILES string of the molecule is CC1CC1Nc1cc(C(=O)O)c(N)cn1. The van der Waals surface area contributed by atoms with E-state index in [1.807, 2.05) is 0 Å². The molecule has 1 fully saturated rings. The molecule has 2 rings (SSSR count). The van der Waals surface area contributed by atoms with Gasteiger partial charge in [-0.3, -0.25) is 0 Å². The summed E-state index contributed by atoms with van der Waals surface area (Å²) in [7, 11) is 0. The summed E-state index contributed by atoms with van der Waals surface area (Å²) in [5.41, 5.74) is 5.78. The van der Waals surface area contributed by atoms with Crippen LogP contribution in [-0.2, 0) is 0 Å². The van der Waals surface area contributed by atoms with Crippen molar-refractivity contribution in [3.63, 3.8) is 0 Å². The largest absolute Gasteiger partial charge is 0.478 e. The van der Waals surface area contributed by atoms with Crippen LogP contribution in [0.25, 0.3) is 0 Å². The van der Waals surface area contributed by atoms with Gasteiger partial charge in [0.25, 0.3) is 0 Å². The zero-order valence-electron chi connectivity index (χ0n) is 8.40. The quantitative estimate of drug-likeness (QED) is 0.692. The standard InChI is InChI=1S/C10H13N3O2/c1-5-2-8(5)13-9-3-6(10(14)15)7(11)4-12-9/h3-5,8H,2,11H2,1H3,(H,12,13)(H,14,15). The molecule has 4 N–H and O–H groups in total. The highest BCUT2D eigenvalue weighted by atomic mass is 16.4. The van der Waals surface area contributed by atoms with E-state index in [9.17, 15) is 4.79 Å². The number of pyridine rings is 1. The van der Waals surface area contributed by atoms with Crippen molar-refractivity contribution in [2.45, 2.75) is 19.4 Å². The molecule has 1 aliphatic rings. The first kappa shape index (κ1) is 9.76. The number of carboxylic acid groups (broad SMARTS) is 1. The maximum absolute atomic E-state index is 10.8. The van der Waals surface area contributed by atoms with Gasteiger partial charge in [-0.15, -0.1) is 0 Å². The van der Waals surface area contributed by atoms with Crippen LogP contribution in [0.3, 0.4) is 0 Å². The summed E-state index contributed by atoms with van der Waals surface area (Å²) in [6.07, 6.45) is 2.48. The summed E-state index contributed by atoms with van der Waals surface area (Å²) in [4.78, 5) is 14.8. The summed E-state index contributed by atoms with van der Waals surface area (Å²) < 4.78 is 0. The van der Waals surface area contributed by atoms with E-state index in [0.717, 1.165) is 6.42 Å². The van der Waals surface area contributed by atoms with Crippen molar-refractivity contribution >= 4 is 17.5 Å². The fraction of sp³-hybridized carbons (Fsp3) is 0.400. The van der Waals surface area contributed by atoms with Crippen LogP contribution in [-0.4, -0.2) is 22.1 Å². The lowest BCUT2D eigenvalue weighted by Gasteiger charge is -2.06. The summed E-state index contributed by atoms with van der Waals surface area (Å²) in [6.45, 7) is 2.13. The molecule has 5 heteroatoms. The van der Waals surface area contributed by atoms with Gasteiger partial charge >= 0.3 is 5.97 Å². The normalized spacial score (nSPS) is 23.5. The Balaban J connectivity index is 2.18. The van der Waals surface area contributed by atoms with Gasteiger partial charge in [-0.25, -0.2) is 9.78 Å². The predicted octanol–water partition coefficient (Wildman–Crippen LogP) is 1.18. The molecule has 2 atom stereocenters. The number of carboxylic acids is 1. The molecule has 1 aromatic rings. The Morgan fingerprint density at radius 3 is 2.93 bits per heavy atom. The fourth-order valence-electron chi connectivity index (χ4n) is 1.44. The number of carbonyl (C=O) groups is 1. The number of aromatic carboxylic acids is 1. The van der Waals surface area contributed by atoms with Gasteiger partial charge < -0.3 is 16.2 Å². The lowest BCUT2D eigenvalue weighted by Crippen LogP contribution is -2.09. The first-order valence-corrected chi connectivity index (χ1v) is 4.83. The van der Waals surface area contributed by atoms with Gasteiger partial charge in [0.1, 0.15) is 5.82 Å². The van der Waals surface area contributed by atoms with Gasteiger partial charge in [0.15, 0.2) is 0 Å². The van der Waals surface area contributed by atoms with Crippen LogP contribution in [0.4, 0.5) is 11.5 Å². The van der Waals surface area contributed by atoms with E-state index in [-0.39, 0.29) is 11.3 Å². The number of anilines is 2. The number of hydrogen-bond donors (Lipinski definition) is 3. The molecule has 0 spiro atoms. The zero-order valence-corrected chi connectivity index (χ0v) is 8.40. The Bertz CT molecular complexity index is 406. The van der Waals surface area contributed by atoms with Crippen molar-refractivity contribution in [3.05, 3.63) is 17.8 Å². The molecule has 5 nitrogen and oxygen atoms in total. The number of hydrogen-bond acceptors (Lipinski definition) is 4. The third-order valence-corrected chi connectivity index (χ3v) is 2.61. The molecule has 1 aromatic heterocycles. The molecule has 0 aliphatic heterocycles. The molecule has 80 valence electrons. The summed E-state index contributed by atoms with van der Waals surface area (Å²) in [5, 5.41) is 12.0. The first-order chi connectivity index (χ1) is 7.08. The highest BCUT2D eigenvalue weighted by molar-refractivity contribution is 5.94. The second-order valence-corrected chi connectivity index (χ2v) is 3.93. The van der Waals surface area contributed by atoms with E-state index >= 15 is 0 Å². The summed E-state index contributed by atoms with van der Waals surface area (Å²) in [6, 6.07) is 1.89. The van der Waals surface area contributed by atoms with E-state index in [1.54, 1.807) is 0 Å². The van der Waals surface area contributed by atoms with Crippen LogP contribution in [0.5, 0.6) is 0 Å². The fourth-order valence-corrected chi connectivity index (χ4v) is 1.44. The van der Waals surface area contributed by atoms with Crippen LogP contribution >= 0.6 is 0 Å². The van der Waals surface area contributed by atoms with Crippen LogP contribution in [0.1, 0.15) is 23.7 Å². The molecule has 0 radical (unpaired) electrons. The van der Waals surface area contributed by atoms with E-state index in [1.165, 1.54) is 12.3 Å². The van der Waals surface area contributed by atoms with Gasteiger partial charge in [0.05, 0.1) is 17.4 Å². The van der Waals surface area contributed by atoms with Gasteiger partial charge in [0.2, 0.25) is 0 Å². The minimum Gasteiger partial charge on any atom is -0.478 e. The highest BCUT2D eigenvalue weighted by Crippen LogP contribution is 2.32. The Morgan fingerprint density at radius 2 is 2.40 bits per heavy atom. The number of nitrogen functional groups attached to an aromatic ring is 1. The molecule has 1 heterocycles. The van der Waals surface area contributed by atoms with Crippen molar-refractivity contribution in [1.29, 1.82) is 0 Å². The van der Waals surface area contributed by atoms with E-state index in [2.05, 4.69) is 17.2 Å². The zero-order chi connectivity index (χ0) is 11.0. The minimum atomic E-state index is -1.03. The topological polar surface area (TPSA) is 88.2 Å². The van der Waals surface area contributed by atoms with E-state index in [4.69, 9.17) is 10.8 Å². The lowest BCUT2D eigenvalue weighted by atomic mass is 10.2. The Morgan fingerprint density at radius 1 is 1.73 bits per heavy atom. The number of nitrogens with one attached hydrogen (secondary N) is 1. The monoisotopic (exact) mass is 207 g/mol. The van der Waals surface area contributed by atoms with Crippen LogP contribution in [0.2, 0.25) is 0 Å². The van der Waals surface area contributed by atoms with Crippen molar-refractivity contribution in [2.75, 3.05) is 11.1 Å². The summed E-state index contributed by atoms with van der Waals surface area (Å²) in [5.74, 6) is 0.190. The van der Waals surface area contributed by atoms with Crippen molar-refractivity contribution in [1.82, 2.24) is 4.98 Å². The number of nitrogens with zero attached hydrogens (tertiary/aromatic N) is 1. The van der Waals surface area contributed by atoms with Crippen molar-refractivity contribution in [2.24, 2.45) is 5.92 Å². The Kier molecular flexibility index (Phi) is 2.22. The molecule has 2 unspecified atom stereocenters. The maximum atomic E-state index is 10.8. The minimum absolute atomic E-state index is 0.0980. The number of nitrogens with two attached hydrogens (primary N) is 1. The third kappa shape index (κ3) is 2.01. The number of rotatable bonds is 3. The van der Waals surface area contributed by atoms with Crippen LogP contribution in [0, 0.1) is 5.92 Å². The molecule has 1 saturated carbocycles. The molecular formula is C10H13N3O2. The Hall–Kier alpha value is -1.78. The predicted molar refractivity (Wildman–Crippen MR) is 56.8 cm³/mol. The molecule has 0 saturated heterocycles. The third-order valence-electron chi connectivity index (χ3n) is 2.61. The molecule has 1 aliphatic carbocycles. The van der Waals surface area contributed by atoms with Crippen molar-refractivity contribution in [3.8, 4) is 0 Å². The molecule has 0 bridgehead atoms. The van der Waals surface area contributed by atoms with E-state index < -0.39 is 5.97 Å². The molecular weight excluding hydrogens is 194 g/mol. The summed E-state index contributed by atoms with van der Waals surface area (Å²) >= 11 is 0. The van der Waals surface area contributed by atoms with Crippen LogP contribution in [0.15, 0.2) is 12.3 Å². The van der Waals surface area contributed by atoms with Crippen molar-refractivity contribution < 1.29 is 9.90 Å². The molecule has 0 aromatic carbocycles. The average molecular weight is 207 g/mol. The van der Waals surface area contributed by atoms with E-state index in [0.29, 0.717) is 17.8 Å². The van der Waals surface area contributed by atoms with Gasteiger partial charge in [0, 0.05) is 6.04 Å². The molecule has 0 amide bonds. The average Bonchev–Trinajstić information content (AvgIpc) is 2.85.